The van der Waals surface area contributed by atoms with Crippen molar-refractivity contribution in [3.8, 4) is 0 Å². The maximum atomic E-state index is 6.00. The van der Waals surface area contributed by atoms with E-state index in [9.17, 15) is 0 Å². The molecule has 0 bridgehead atoms. The monoisotopic (exact) mass is 325 g/mol. The van der Waals surface area contributed by atoms with Gasteiger partial charge in [-0.2, -0.15) is 0 Å². The van der Waals surface area contributed by atoms with Gasteiger partial charge >= 0.3 is 0 Å². The molecule has 1 atom stereocenters. The topological polar surface area (TPSA) is 30.7 Å². The molecule has 3 aromatic heterocycles. The number of rotatable bonds is 4. The molecule has 6 heteroatoms. The molecule has 0 aliphatic carbocycles. The summed E-state index contributed by atoms with van der Waals surface area (Å²) >= 11 is 13.6. The maximum Gasteiger partial charge on any atom is 0.160 e. The molecule has 0 saturated heterocycles. The van der Waals surface area contributed by atoms with E-state index in [0.29, 0.717) is 17.3 Å². The van der Waals surface area contributed by atoms with Gasteiger partial charge in [0.1, 0.15) is 11.3 Å². The first-order chi connectivity index (χ1) is 9.70. The molecule has 0 amide bonds. The van der Waals surface area contributed by atoms with Crippen molar-refractivity contribution < 1.29 is 0 Å². The summed E-state index contributed by atoms with van der Waals surface area (Å²) in [7, 11) is 0. The van der Waals surface area contributed by atoms with E-state index in [1.54, 1.807) is 17.5 Å². The van der Waals surface area contributed by atoms with Crippen LogP contribution < -0.4 is 0 Å². The van der Waals surface area contributed by atoms with Gasteiger partial charge in [0.05, 0.1) is 11.1 Å². The number of hydrogen-bond acceptors (Lipinski definition) is 3. The van der Waals surface area contributed by atoms with Crippen molar-refractivity contribution >= 4 is 45.7 Å². The first-order valence-electron chi connectivity index (χ1n) is 6.32. The second-order valence-electron chi connectivity index (χ2n) is 4.52. The lowest BCUT2D eigenvalue weighted by atomic mass is 10.2. The second-order valence-corrected chi connectivity index (χ2v) is 6.32. The first kappa shape index (κ1) is 13.9. The van der Waals surface area contributed by atoms with Crippen LogP contribution in [-0.4, -0.2) is 20.4 Å². The summed E-state index contributed by atoms with van der Waals surface area (Å²) in [6.07, 6.45) is 2.37. The fraction of sp³-hybridized carbons (Fsp3) is 0.286. The molecular formula is C14H13Cl2N3S. The number of aromatic nitrogens is 3. The van der Waals surface area contributed by atoms with E-state index in [0.717, 1.165) is 17.0 Å². The highest BCUT2D eigenvalue weighted by atomic mass is 35.5. The molecule has 0 saturated carbocycles. The van der Waals surface area contributed by atoms with E-state index >= 15 is 0 Å². The van der Waals surface area contributed by atoms with E-state index in [4.69, 9.17) is 23.2 Å². The molecule has 0 aliphatic rings. The standard InChI is InChI=1S/C14H13Cl2N3S/c1-9(12-3-2-6-20-12)19-13(4-5-15)18-11-7-10(16)8-17-14(11)19/h2-3,6-9H,4-5H2,1H3. The third kappa shape index (κ3) is 2.43. The minimum absolute atomic E-state index is 0.187. The van der Waals surface area contributed by atoms with Crippen LogP contribution in [0.4, 0.5) is 0 Å². The number of nitrogens with zero attached hydrogens (tertiary/aromatic N) is 3. The van der Waals surface area contributed by atoms with Crippen LogP contribution in [0.1, 0.15) is 23.7 Å². The number of imidazole rings is 1. The molecule has 0 spiro atoms. The molecule has 0 aromatic carbocycles. The van der Waals surface area contributed by atoms with Crippen LogP contribution in [0.25, 0.3) is 11.2 Å². The van der Waals surface area contributed by atoms with Crippen molar-refractivity contribution in [2.75, 3.05) is 5.88 Å². The van der Waals surface area contributed by atoms with Gasteiger partial charge in [0.15, 0.2) is 5.65 Å². The van der Waals surface area contributed by atoms with Crippen molar-refractivity contribution in [3.63, 3.8) is 0 Å². The molecule has 0 radical (unpaired) electrons. The van der Waals surface area contributed by atoms with Gasteiger partial charge in [-0.25, -0.2) is 9.97 Å². The van der Waals surface area contributed by atoms with Crippen LogP contribution in [0.5, 0.6) is 0 Å². The van der Waals surface area contributed by atoms with Crippen LogP contribution in [0.2, 0.25) is 5.02 Å². The van der Waals surface area contributed by atoms with Crippen LogP contribution in [0.3, 0.4) is 0 Å². The number of thiophene rings is 1. The molecular weight excluding hydrogens is 313 g/mol. The number of alkyl halides is 1. The van der Waals surface area contributed by atoms with Crippen molar-refractivity contribution in [3.05, 3.63) is 45.5 Å². The molecule has 3 rings (SSSR count). The van der Waals surface area contributed by atoms with Gasteiger partial charge in [-0.1, -0.05) is 17.7 Å². The summed E-state index contributed by atoms with van der Waals surface area (Å²) in [6, 6.07) is 6.22. The average Bonchev–Trinajstić information content (AvgIpc) is 3.05. The molecule has 104 valence electrons. The van der Waals surface area contributed by atoms with E-state index in [1.807, 2.05) is 6.07 Å². The molecule has 0 aliphatic heterocycles. The van der Waals surface area contributed by atoms with Gasteiger partial charge in [0.25, 0.3) is 0 Å². The zero-order valence-corrected chi connectivity index (χ0v) is 13.2. The Labute approximate surface area is 131 Å². The second kappa shape index (κ2) is 5.72. The quantitative estimate of drug-likeness (QED) is 0.659. The fourth-order valence-electron chi connectivity index (χ4n) is 2.33. The van der Waals surface area contributed by atoms with E-state index in [1.165, 1.54) is 4.88 Å². The van der Waals surface area contributed by atoms with Crippen LogP contribution in [-0.2, 0) is 6.42 Å². The fourth-order valence-corrected chi connectivity index (χ4v) is 3.42. The Morgan fingerprint density at radius 1 is 1.45 bits per heavy atom. The Morgan fingerprint density at radius 2 is 2.30 bits per heavy atom. The molecule has 0 fully saturated rings. The third-order valence-corrected chi connectivity index (χ3v) is 4.67. The lowest BCUT2D eigenvalue weighted by Gasteiger charge is -2.15. The van der Waals surface area contributed by atoms with Gasteiger partial charge in [0, 0.05) is 23.4 Å². The van der Waals surface area contributed by atoms with Crippen LogP contribution >= 0.6 is 34.5 Å². The summed E-state index contributed by atoms with van der Waals surface area (Å²) in [5.74, 6) is 1.49. The number of halogens is 2. The minimum atomic E-state index is 0.187. The zero-order chi connectivity index (χ0) is 14.1. The van der Waals surface area contributed by atoms with Gasteiger partial charge in [-0.15, -0.1) is 22.9 Å². The molecule has 3 nitrogen and oxygen atoms in total. The zero-order valence-electron chi connectivity index (χ0n) is 10.9. The summed E-state index contributed by atoms with van der Waals surface area (Å²) in [6.45, 7) is 2.15. The SMILES string of the molecule is CC(c1cccs1)n1c(CCCl)nc2cc(Cl)cnc21. The van der Waals surface area contributed by atoms with Gasteiger partial charge < -0.3 is 4.57 Å². The lowest BCUT2D eigenvalue weighted by Crippen LogP contribution is -2.10. The Balaban J connectivity index is 2.18. The maximum absolute atomic E-state index is 6.00. The Hall–Kier alpha value is -1.10. The van der Waals surface area contributed by atoms with Gasteiger partial charge in [0.2, 0.25) is 0 Å². The molecule has 3 aromatic rings. The van der Waals surface area contributed by atoms with Crippen LogP contribution in [0, 0.1) is 0 Å². The lowest BCUT2D eigenvalue weighted by molar-refractivity contribution is 0.628. The number of fused-ring (bicyclic) bond motifs is 1. The third-order valence-electron chi connectivity index (χ3n) is 3.23. The highest BCUT2D eigenvalue weighted by Gasteiger charge is 2.18. The molecule has 20 heavy (non-hydrogen) atoms. The predicted molar refractivity (Wildman–Crippen MR) is 85.1 cm³/mol. The van der Waals surface area contributed by atoms with Crippen molar-refractivity contribution in [1.29, 1.82) is 0 Å². The summed E-state index contributed by atoms with van der Waals surface area (Å²) in [4.78, 5) is 10.3. The van der Waals surface area contributed by atoms with Crippen LogP contribution in [0.15, 0.2) is 29.8 Å². The Bertz CT molecular complexity index is 721. The first-order valence-corrected chi connectivity index (χ1v) is 8.11. The molecule has 1 unspecified atom stereocenters. The predicted octanol–water partition coefficient (Wildman–Crippen LogP) is 4.54. The number of aryl methyl sites for hydroxylation is 1. The number of pyridine rings is 1. The van der Waals surface area contributed by atoms with Crippen molar-refractivity contribution in [2.45, 2.75) is 19.4 Å². The average molecular weight is 326 g/mol. The smallest absolute Gasteiger partial charge is 0.160 e. The molecule has 0 N–H and O–H groups in total. The normalized spacial score (nSPS) is 12.9. The van der Waals surface area contributed by atoms with E-state index in [-0.39, 0.29) is 6.04 Å². The van der Waals surface area contributed by atoms with Gasteiger partial charge in [-0.3, -0.25) is 0 Å². The Morgan fingerprint density at radius 3 is 3.00 bits per heavy atom. The summed E-state index contributed by atoms with van der Waals surface area (Å²) < 4.78 is 2.15. The summed E-state index contributed by atoms with van der Waals surface area (Å²) in [5.41, 5.74) is 1.68. The summed E-state index contributed by atoms with van der Waals surface area (Å²) in [5, 5.41) is 2.68. The number of hydrogen-bond donors (Lipinski definition) is 0. The molecule has 3 heterocycles. The van der Waals surface area contributed by atoms with Crippen molar-refractivity contribution in [2.24, 2.45) is 0 Å². The Kier molecular flexibility index (Phi) is 3.96. The van der Waals surface area contributed by atoms with Gasteiger partial charge in [-0.05, 0) is 24.4 Å². The van der Waals surface area contributed by atoms with E-state index < -0.39 is 0 Å². The minimum Gasteiger partial charge on any atom is -0.304 e. The highest BCUT2D eigenvalue weighted by molar-refractivity contribution is 7.10. The van der Waals surface area contributed by atoms with E-state index in [2.05, 4.69) is 39.0 Å². The van der Waals surface area contributed by atoms with Crippen molar-refractivity contribution in [1.82, 2.24) is 14.5 Å². The largest absolute Gasteiger partial charge is 0.304 e. The highest BCUT2D eigenvalue weighted by Crippen LogP contribution is 2.28.